The molecule has 0 fully saturated rings. The number of carboxylic acid groups (broad SMARTS) is 2. The molecule has 1 radical (unpaired) electrons. The molecule has 0 spiro atoms. The Morgan fingerprint density at radius 1 is 1.36 bits per heavy atom. The minimum Gasteiger partial charge on any atom is -0.481 e. The second-order valence-corrected chi connectivity index (χ2v) is 1.54. The first-order valence-corrected chi connectivity index (χ1v) is 2.24. The molecular formula is C4H7CoNNiO4. The Labute approximate surface area is 83.5 Å². The molecule has 0 saturated heterocycles. The van der Waals surface area contributed by atoms with Crippen molar-refractivity contribution in [3.63, 3.8) is 0 Å². The van der Waals surface area contributed by atoms with E-state index in [-0.39, 0.29) is 33.3 Å². The van der Waals surface area contributed by atoms with Crippen LogP contribution in [0.4, 0.5) is 0 Å². The Morgan fingerprint density at radius 2 is 1.73 bits per heavy atom. The van der Waals surface area contributed by atoms with Gasteiger partial charge in [0.15, 0.2) is 0 Å². The summed E-state index contributed by atoms with van der Waals surface area (Å²) >= 11 is 0. The molecule has 0 aliphatic heterocycles. The summed E-state index contributed by atoms with van der Waals surface area (Å²) in [5, 5.41) is 16.0. The molecular weight excluding hydrogens is 244 g/mol. The Balaban J connectivity index is -0.000000320. The average molecular weight is 251 g/mol. The molecule has 7 heteroatoms. The molecule has 0 aromatic rings. The molecule has 0 bridgehead atoms. The van der Waals surface area contributed by atoms with Crippen LogP contribution < -0.4 is 5.73 Å². The van der Waals surface area contributed by atoms with Crippen LogP contribution in [0, 0.1) is 0 Å². The number of hydrogen-bond acceptors (Lipinski definition) is 3. The summed E-state index contributed by atoms with van der Waals surface area (Å²) in [4.78, 5) is 19.6. The largest absolute Gasteiger partial charge is 0.481 e. The van der Waals surface area contributed by atoms with E-state index < -0.39 is 24.4 Å². The van der Waals surface area contributed by atoms with E-state index in [2.05, 4.69) is 0 Å². The summed E-state index contributed by atoms with van der Waals surface area (Å²) < 4.78 is 0. The summed E-state index contributed by atoms with van der Waals surface area (Å²) in [5.41, 5.74) is 4.84. The van der Waals surface area contributed by atoms with Gasteiger partial charge in [-0.15, -0.1) is 0 Å². The molecule has 0 aliphatic rings. The van der Waals surface area contributed by atoms with E-state index in [1.165, 1.54) is 0 Å². The Bertz CT molecular complexity index is 142. The van der Waals surface area contributed by atoms with E-state index >= 15 is 0 Å². The molecule has 4 N–H and O–H groups in total. The molecule has 0 heterocycles. The van der Waals surface area contributed by atoms with Crippen molar-refractivity contribution in [2.45, 2.75) is 12.5 Å². The van der Waals surface area contributed by atoms with Crippen molar-refractivity contribution < 1.29 is 53.1 Å². The van der Waals surface area contributed by atoms with Gasteiger partial charge in [0.05, 0.1) is 6.42 Å². The van der Waals surface area contributed by atoms with Gasteiger partial charge >= 0.3 is 11.9 Å². The van der Waals surface area contributed by atoms with Crippen molar-refractivity contribution in [2.24, 2.45) is 5.73 Å². The van der Waals surface area contributed by atoms with Crippen LogP contribution in [0.2, 0.25) is 0 Å². The van der Waals surface area contributed by atoms with Gasteiger partial charge in [-0.05, 0) is 0 Å². The third kappa shape index (κ3) is 9.90. The third-order valence-electron chi connectivity index (χ3n) is 0.712. The van der Waals surface area contributed by atoms with Crippen LogP contribution in [0.5, 0.6) is 0 Å². The number of carboxylic acids is 2. The van der Waals surface area contributed by atoms with Crippen LogP contribution in [0.1, 0.15) is 6.42 Å². The van der Waals surface area contributed by atoms with Gasteiger partial charge in [-0.3, -0.25) is 9.59 Å². The molecule has 11 heavy (non-hydrogen) atoms. The zero-order valence-corrected chi connectivity index (χ0v) is 7.25. The molecule has 0 unspecified atom stereocenters. The van der Waals surface area contributed by atoms with Crippen LogP contribution in [0.15, 0.2) is 0 Å². The number of hydrogen-bond donors (Lipinski definition) is 3. The van der Waals surface area contributed by atoms with Gasteiger partial charge in [-0.25, -0.2) is 0 Å². The van der Waals surface area contributed by atoms with E-state index in [0.717, 1.165) is 0 Å². The standard InChI is InChI=1S/C4H7NO4.Co.Ni/c5-2(4(8)9)1-3(6)7;;/h2H,1,5H2,(H,6,7)(H,8,9);;/t2-;;/m0../s1. The van der Waals surface area contributed by atoms with Crippen LogP contribution in [0.25, 0.3) is 0 Å². The van der Waals surface area contributed by atoms with E-state index in [1.807, 2.05) is 0 Å². The Hall–Kier alpha value is -0.100. The fourth-order valence-electron chi connectivity index (χ4n) is 0.275. The summed E-state index contributed by atoms with van der Waals surface area (Å²) in [6, 6.07) is -1.29. The van der Waals surface area contributed by atoms with Gasteiger partial charge in [-0.1, -0.05) is 0 Å². The molecule has 0 amide bonds. The third-order valence-corrected chi connectivity index (χ3v) is 0.712. The van der Waals surface area contributed by atoms with E-state index in [0.29, 0.717) is 0 Å². The second-order valence-electron chi connectivity index (χ2n) is 1.54. The monoisotopic (exact) mass is 250 g/mol. The SMILES string of the molecule is N[C@@H](CC(=O)O)C(=O)O.[Co].[Ni]. The number of rotatable bonds is 3. The molecule has 0 aromatic carbocycles. The quantitative estimate of drug-likeness (QED) is 0.550. The second kappa shape index (κ2) is 8.00. The van der Waals surface area contributed by atoms with Crippen molar-refractivity contribution >= 4 is 11.9 Å². The predicted molar refractivity (Wildman–Crippen MR) is 27.9 cm³/mol. The Morgan fingerprint density at radius 3 is 1.82 bits per heavy atom. The summed E-state index contributed by atoms with van der Waals surface area (Å²) in [6.45, 7) is 0. The predicted octanol–water partition coefficient (Wildman–Crippen LogP) is -1.13. The van der Waals surface area contributed by atoms with Crippen LogP contribution in [0.3, 0.4) is 0 Å². The van der Waals surface area contributed by atoms with Gasteiger partial charge in [0.2, 0.25) is 0 Å². The van der Waals surface area contributed by atoms with Crippen molar-refractivity contribution in [2.75, 3.05) is 0 Å². The van der Waals surface area contributed by atoms with Crippen LogP contribution >= 0.6 is 0 Å². The van der Waals surface area contributed by atoms with Crippen LogP contribution in [-0.4, -0.2) is 28.2 Å². The van der Waals surface area contributed by atoms with Gasteiger partial charge in [0, 0.05) is 33.3 Å². The molecule has 0 rings (SSSR count). The Kier molecular flexibility index (Phi) is 12.5. The minimum atomic E-state index is -1.29. The summed E-state index contributed by atoms with van der Waals surface area (Å²) in [5.74, 6) is -2.50. The van der Waals surface area contributed by atoms with Crippen molar-refractivity contribution in [3.8, 4) is 0 Å². The maximum absolute atomic E-state index is 9.85. The first kappa shape index (κ1) is 17.1. The zero-order valence-electron chi connectivity index (χ0n) is 5.22. The topological polar surface area (TPSA) is 101 Å². The molecule has 5 nitrogen and oxygen atoms in total. The number of carbonyl (C=O) groups is 2. The maximum atomic E-state index is 9.85. The first-order chi connectivity index (χ1) is 4.04. The fourth-order valence-corrected chi connectivity index (χ4v) is 0.275. The molecule has 71 valence electrons. The molecule has 0 aliphatic carbocycles. The van der Waals surface area contributed by atoms with E-state index in [1.54, 1.807) is 0 Å². The minimum absolute atomic E-state index is 0. The van der Waals surface area contributed by atoms with E-state index in [9.17, 15) is 9.59 Å². The van der Waals surface area contributed by atoms with Gasteiger partial charge < -0.3 is 15.9 Å². The van der Waals surface area contributed by atoms with Crippen LogP contribution in [-0.2, 0) is 42.9 Å². The summed E-state index contributed by atoms with van der Waals surface area (Å²) in [7, 11) is 0. The van der Waals surface area contributed by atoms with Gasteiger partial charge in [-0.2, -0.15) is 0 Å². The fraction of sp³-hybridized carbons (Fsp3) is 0.500. The van der Waals surface area contributed by atoms with Crippen molar-refractivity contribution in [1.82, 2.24) is 0 Å². The first-order valence-electron chi connectivity index (χ1n) is 2.24. The van der Waals surface area contributed by atoms with Crippen molar-refractivity contribution in [1.29, 1.82) is 0 Å². The smallest absolute Gasteiger partial charge is 0.321 e. The molecule has 0 aromatic heterocycles. The summed E-state index contributed by atoms with van der Waals surface area (Å²) in [6.07, 6.45) is -0.532. The number of aliphatic carboxylic acids is 2. The number of nitrogens with two attached hydrogens (primary N) is 1. The normalized spacial score (nSPS) is 10.3. The average Bonchev–Trinajstić information content (AvgIpc) is 1.63. The molecule has 0 saturated carbocycles. The van der Waals surface area contributed by atoms with Gasteiger partial charge in [0.1, 0.15) is 6.04 Å². The van der Waals surface area contributed by atoms with E-state index in [4.69, 9.17) is 15.9 Å². The van der Waals surface area contributed by atoms with Gasteiger partial charge in [0.25, 0.3) is 0 Å². The molecule has 1 atom stereocenters. The van der Waals surface area contributed by atoms with Crippen molar-refractivity contribution in [3.05, 3.63) is 0 Å². The zero-order chi connectivity index (χ0) is 7.44. The maximum Gasteiger partial charge on any atom is 0.321 e.